The minimum atomic E-state index is -0.593. The molecule has 4 nitrogen and oxygen atoms in total. The zero-order chi connectivity index (χ0) is 13.8. The first-order chi connectivity index (χ1) is 9.13. The summed E-state index contributed by atoms with van der Waals surface area (Å²) in [5.74, 6) is -0.0516. The topological polar surface area (TPSA) is 55.6 Å². The van der Waals surface area contributed by atoms with Crippen LogP contribution >= 0.6 is 24.0 Å². The molecule has 2 rings (SSSR count). The number of amides is 1. The molecule has 1 aliphatic heterocycles. The normalized spacial score (nSPS) is 19.6. The first-order valence-corrected chi connectivity index (χ1v) is 6.81. The second kappa shape index (κ2) is 7.84. The Morgan fingerprint density at radius 2 is 2.35 bits per heavy atom. The molecular weight excluding hydrogens is 299 g/mol. The number of hydrogen-bond donors (Lipinski definition) is 1. The Labute approximate surface area is 130 Å². The van der Waals surface area contributed by atoms with E-state index in [0.29, 0.717) is 5.02 Å². The van der Waals surface area contributed by atoms with Gasteiger partial charge in [0.1, 0.15) is 6.04 Å². The van der Waals surface area contributed by atoms with E-state index in [2.05, 4.69) is 0 Å². The summed E-state index contributed by atoms with van der Waals surface area (Å²) in [6.45, 7) is 0.991. The third-order valence-corrected chi connectivity index (χ3v) is 3.67. The number of rotatable bonds is 4. The summed E-state index contributed by atoms with van der Waals surface area (Å²) in [4.78, 5) is 14.1. The van der Waals surface area contributed by atoms with Gasteiger partial charge in [-0.15, -0.1) is 12.4 Å². The fraction of sp³-hybridized carbons (Fsp3) is 0.500. The Bertz CT molecular complexity index is 457. The van der Waals surface area contributed by atoms with E-state index in [9.17, 15) is 4.79 Å². The minimum Gasteiger partial charge on any atom is -0.383 e. The zero-order valence-corrected chi connectivity index (χ0v) is 13.0. The summed E-state index contributed by atoms with van der Waals surface area (Å²) in [6, 6.07) is 7.15. The van der Waals surface area contributed by atoms with Crippen molar-refractivity contribution in [3.05, 3.63) is 34.9 Å². The Balaban J connectivity index is 0.00000200. The molecule has 1 aliphatic rings. The van der Waals surface area contributed by atoms with Crippen LogP contribution in [-0.2, 0) is 9.53 Å². The van der Waals surface area contributed by atoms with E-state index in [1.165, 1.54) is 0 Å². The number of carbonyl (C=O) groups excluding carboxylic acids is 1. The largest absolute Gasteiger partial charge is 0.383 e. The van der Waals surface area contributed by atoms with Crippen LogP contribution in [0.15, 0.2) is 24.3 Å². The van der Waals surface area contributed by atoms with Crippen molar-refractivity contribution in [3.8, 4) is 0 Å². The van der Waals surface area contributed by atoms with Crippen LogP contribution in [0.2, 0.25) is 5.02 Å². The van der Waals surface area contributed by atoms with Gasteiger partial charge in [-0.2, -0.15) is 0 Å². The Morgan fingerprint density at radius 1 is 1.60 bits per heavy atom. The van der Waals surface area contributed by atoms with Crippen molar-refractivity contribution in [1.29, 1.82) is 0 Å². The fourth-order valence-electron chi connectivity index (χ4n) is 2.55. The van der Waals surface area contributed by atoms with Crippen molar-refractivity contribution >= 4 is 29.9 Å². The van der Waals surface area contributed by atoms with Gasteiger partial charge >= 0.3 is 0 Å². The number of carbonyl (C=O) groups is 1. The summed E-state index contributed by atoms with van der Waals surface area (Å²) in [5, 5.41) is 0.693. The molecule has 0 bridgehead atoms. The molecule has 0 radical (unpaired) electrons. The van der Waals surface area contributed by atoms with Crippen molar-refractivity contribution in [2.75, 3.05) is 20.3 Å². The SMILES string of the molecule is COCC(N)C(=O)N1CCCC1c1cccc(Cl)c1.Cl. The molecule has 1 heterocycles. The third-order valence-electron chi connectivity index (χ3n) is 3.43. The fourth-order valence-corrected chi connectivity index (χ4v) is 2.75. The molecule has 0 spiro atoms. The van der Waals surface area contributed by atoms with Crippen molar-refractivity contribution in [2.45, 2.75) is 24.9 Å². The zero-order valence-electron chi connectivity index (χ0n) is 11.4. The lowest BCUT2D eigenvalue weighted by molar-refractivity contribution is -0.134. The van der Waals surface area contributed by atoms with Gasteiger partial charge in [-0.1, -0.05) is 23.7 Å². The average molecular weight is 319 g/mol. The summed E-state index contributed by atoms with van der Waals surface area (Å²) >= 11 is 6.01. The predicted molar refractivity (Wildman–Crippen MR) is 82.2 cm³/mol. The molecule has 1 fully saturated rings. The number of benzene rings is 1. The maximum atomic E-state index is 12.3. The average Bonchev–Trinajstić information content (AvgIpc) is 2.87. The molecule has 1 aromatic rings. The summed E-state index contributed by atoms with van der Waals surface area (Å²) in [7, 11) is 1.55. The smallest absolute Gasteiger partial charge is 0.242 e. The van der Waals surface area contributed by atoms with Gasteiger partial charge in [0.2, 0.25) is 5.91 Å². The quantitative estimate of drug-likeness (QED) is 0.927. The number of nitrogens with zero attached hydrogens (tertiary/aromatic N) is 1. The molecule has 1 aromatic carbocycles. The highest BCUT2D eigenvalue weighted by atomic mass is 35.5. The van der Waals surface area contributed by atoms with Crippen LogP contribution in [0.5, 0.6) is 0 Å². The maximum Gasteiger partial charge on any atom is 0.242 e. The maximum absolute atomic E-state index is 12.3. The van der Waals surface area contributed by atoms with E-state index in [1.54, 1.807) is 7.11 Å². The molecular formula is C14H20Cl2N2O2. The molecule has 6 heteroatoms. The molecule has 20 heavy (non-hydrogen) atoms. The van der Waals surface area contributed by atoms with Gasteiger partial charge < -0.3 is 15.4 Å². The Morgan fingerprint density at radius 3 is 3.00 bits per heavy atom. The third kappa shape index (κ3) is 3.85. The highest BCUT2D eigenvalue weighted by Gasteiger charge is 2.32. The second-order valence-corrected chi connectivity index (χ2v) is 5.24. The van der Waals surface area contributed by atoms with E-state index in [4.69, 9.17) is 22.1 Å². The van der Waals surface area contributed by atoms with Crippen LogP contribution in [0, 0.1) is 0 Å². The molecule has 2 N–H and O–H groups in total. The molecule has 1 saturated heterocycles. The highest BCUT2D eigenvalue weighted by Crippen LogP contribution is 2.33. The predicted octanol–water partition coefficient (Wildman–Crippen LogP) is 2.40. The van der Waals surface area contributed by atoms with Crippen LogP contribution in [-0.4, -0.2) is 37.1 Å². The van der Waals surface area contributed by atoms with Gasteiger partial charge in [0, 0.05) is 18.7 Å². The van der Waals surface area contributed by atoms with Crippen LogP contribution in [0.1, 0.15) is 24.4 Å². The summed E-state index contributed by atoms with van der Waals surface area (Å²) in [5.41, 5.74) is 6.91. The number of likely N-dealkylation sites (tertiary alicyclic amines) is 1. The van der Waals surface area contributed by atoms with Crippen molar-refractivity contribution in [3.63, 3.8) is 0 Å². The van der Waals surface area contributed by atoms with Crippen LogP contribution < -0.4 is 5.73 Å². The van der Waals surface area contributed by atoms with Gasteiger partial charge in [0.05, 0.1) is 12.6 Å². The lowest BCUT2D eigenvalue weighted by Gasteiger charge is -2.27. The molecule has 0 aliphatic carbocycles. The molecule has 2 unspecified atom stereocenters. The number of hydrogen-bond acceptors (Lipinski definition) is 3. The van der Waals surface area contributed by atoms with Gasteiger partial charge in [-0.05, 0) is 30.5 Å². The first kappa shape index (κ1) is 17.2. The lowest BCUT2D eigenvalue weighted by atomic mass is 10.0. The van der Waals surface area contributed by atoms with E-state index in [-0.39, 0.29) is 31.0 Å². The second-order valence-electron chi connectivity index (χ2n) is 4.81. The lowest BCUT2D eigenvalue weighted by Crippen LogP contribution is -2.45. The van der Waals surface area contributed by atoms with Crippen LogP contribution in [0.3, 0.4) is 0 Å². The van der Waals surface area contributed by atoms with Crippen LogP contribution in [0.4, 0.5) is 0 Å². The number of halogens is 2. The summed E-state index contributed by atoms with van der Waals surface area (Å²) in [6.07, 6.45) is 1.94. The van der Waals surface area contributed by atoms with E-state index in [1.807, 2.05) is 29.2 Å². The molecule has 1 amide bonds. The van der Waals surface area contributed by atoms with Crippen molar-refractivity contribution in [1.82, 2.24) is 4.90 Å². The van der Waals surface area contributed by atoms with Gasteiger partial charge in [0.25, 0.3) is 0 Å². The monoisotopic (exact) mass is 318 g/mol. The van der Waals surface area contributed by atoms with Crippen molar-refractivity contribution < 1.29 is 9.53 Å². The molecule has 0 aromatic heterocycles. The summed E-state index contributed by atoms with van der Waals surface area (Å²) < 4.78 is 4.95. The Kier molecular flexibility index (Phi) is 6.76. The van der Waals surface area contributed by atoms with Gasteiger partial charge in [0.15, 0.2) is 0 Å². The molecule has 0 saturated carbocycles. The number of ether oxygens (including phenoxy) is 1. The first-order valence-electron chi connectivity index (χ1n) is 6.44. The van der Waals surface area contributed by atoms with Crippen molar-refractivity contribution in [2.24, 2.45) is 5.73 Å². The molecule has 112 valence electrons. The standard InChI is InChI=1S/C14H19ClN2O2.ClH/c1-19-9-12(16)14(18)17-7-3-6-13(17)10-4-2-5-11(15)8-10;/h2,4-5,8,12-13H,3,6-7,9,16H2,1H3;1H. The van der Waals surface area contributed by atoms with E-state index < -0.39 is 6.04 Å². The minimum absolute atomic E-state index is 0. The van der Waals surface area contributed by atoms with E-state index in [0.717, 1.165) is 24.9 Å². The molecule has 2 atom stereocenters. The van der Waals surface area contributed by atoms with Gasteiger partial charge in [-0.3, -0.25) is 4.79 Å². The Hall–Kier alpha value is -0.810. The number of methoxy groups -OCH3 is 1. The van der Waals surface area contributed by atoms with Gasteiger partial charge in [-0.25, -0.2) is 0 Å². The van der Waals surface area contributed by atoms with Crippen LogP contribution in [0.25, 0.3) is 0 Å². The number of nitrogens with two attached hydrogens (primary N) is 1. The van der Waals surface area contributed by atoms with E-state index >= 15 is 0 Å². The highest BCUT2D eigenvalue weighted by molar-refractivity contribution is 6.30.